The minimum Gasteiger partial charge on any atom is -0.345 e. The Morgan fingerprint density at radius 2 is 1.96 bits per heavy atom. The molecule has 0 spiro atoms. The van der Waals surface area contributed by atoms with Crippen LogP contribution in [0.5, 0.6) is 0 Å². The molecule has 1 aliphatic rings. The molecule has 3 rings (SSSR count). The molecule has 2 atom stereocenters. The van der Waals surface area contributed by atoms with E-state index in [1.807, 2.05) is 30.3 Å². The lowest BCUT2D eigenvalue weighted by molar-refractivity contribution is -0.124. The normalized spacial score (nSPS) is 18.6. The van der Waals surface area contributed by atoms with Gasteiger partial charge >= 0.3 is 0 Å². The van der Waals surface area contributed by atoms with Crippen LogP contribution in [-0.2, 0) is 4.79 Å². The molecule has 1 fully saturated rings. The Hall–Kier alpha value is -1.72. The topological polar surface area (TPSA) is 41.1 Å². The maximum atomic E-state index is 13.6. The lowest BCUT2D eigenvalue weighted by Gasteiger charge is -2.22. The number of benzene rings is 2. The summed E-state index contributed by atoms with van der Waals surface area (Å²) in [5.74, 6) is -0.332. The van der Waals surface area contributed by atoms with Crippen molar-refractivity contribution in [3.8, 4) is 0 Å². The number of hydrogen-bond acceptors (Lipinski definition) is 2. The van der Waals surface area contributed by atoms with Gasteiger partial charge in [-0.1, -0.05) is 40.2 Å². The van der Waals surface area contributed by atoms with Gasteiger partial charge in [0, 0.05) is 11.0 Å². The summed E-state index contributed by atoms with van der Waals surface area (Å²) in [5.41, 5.74) is 1.66. The zero-order chi connectivity index (χ0) is 16.2. The van der Waals surface area contributed by atoms with Gasteiger partial charge in [-0.2, -0.15) is 0 Å². The molecule has 1 amide bonds. The van der Waals surface area contributed by atoms with Crippen LogP contribution in [0.2, 0.25) is 0 Å². The Bertz CT molecular complexity index is 655. The van der Waals surface area contributed by atoms with Crippen LogP contribution in [0, 0.1) is 11.7 Å². The third kappa shape index (κ3) is 3.98. The summed E-state index contributed by atoms with van der Waals surface area (Å²) in [4.78, 5) is 12.5. The summed E-state index contributed by atoms with van der Waals surface area (Å²) >= 11 is 3.45. The first-order valence-electron chi connectivity index (χ1n) is 7.65. The van der Waals surface area contributed by atoms with Gasteiger partial charge in [-0.05, 0) is 48.4 Å². The molecule has 2 unspecified atom stereocenters. The second-order valence-electron chi connectivity index (χ2n) is 5.74. The molecule has 3 nitrogen and oxygen atoms in total. The van der Waals surface area contributed by atoms with E-state index in [4.69, 9.17) is 0 Å². The number of nitrogens with one attached hydrogen (secondary N) is 2. The van der Waals surface area contributed by atoms with E-state index in [1.165, 1.54) is 12.1 Å². The summed E-state index contributed by atoms with van der Waals surface area (Å²) in [6, 6.07) is 13.7. The second kappa shape index (κ2) is 7.23. The summed E-state index contributed by atoms with van der Waals surface area (Å²) in [6.07, 6.45) is 0.834. The number of amides is 1. The molecule has 0 saturated carbocycles. The average molecular weight is 377 g/mol. The summed E-state index contributed by atoms with van der Waals surface area (Å²) < 4.78 is 14.6. The highest BCUT2D eigenvalue weighted by atomic mass is 79.9. The van der Waals surface area contributed by atoms with Crippen molar-refractivity contribution in [3.63, 3.8) is 0 Å². The second-order valence-corrected chi connectivity index (χ2v) is 6.66. The molecule has 2 aromatic carbocycles. The molecular weight excluding hydrogens is 359 g/mol. The molecule has 0 aliphatic carbocycles. The quantitative estimate of drug-likeness (QED) is 0.858. The van der Waals surface area contributed by atoms with E-state index in [9.17, 15) is 9.18 Å². The smallest absolute Gasteiger partial charge is 0.225 e. The molecule has 120 valence electrons. The molecule has 23 heavy (non-hydrogen) atoms. The Labute approximate surface area is 143 Å². The number of carbonyl (C=O) groups excluding carboxylic acids is 1. The van der Waals surface area contributed by atoms with Crippen molar-refractivity contribution >= 4 is 21.8 Å². The highest BCUT2D eigenvalue weighted by Crippen LogP contribution is 2.26. The van der Waals surface area contributed by atoms with Gasteiger partial charge in [0.2, 0.25) is 5.91 Å². The van der Waals surface area contributed by atoms with Crippen molar-refractivity contribution in [1.29, 1.82) is 0 Å². The van der Waals surface area contributed by atoms with Crippen LogP contribution >= 0.6 is 15.9 Å². The Morgan fingerprint density at radius 1 is 1.22 bits per heavy atom. The summed E-state index contributed by atoms with van der Waals surface area (Å²) in [5, 5.41) is 6.28. The van der Waals surface area contributed by atoms with E-state index >= 15 is 0 Å². The van der Waals surface area contributed by atoms with Crippen molar-refractivity contribution in [1.82, 2.24) is 10.6 Å². The van der Waals surface area contributed by atoms with Crippen LogP contribution < -0.4 is 10.6 Å². The maximum Gasteiger partial charge on any atom is 0.225 e. The SMILES string of the molecule is O=C(NC(c1cccc(F)c1)c1cccc(Br)c1)C1CCNC1. The van der Waals surface area contributed by atoms with Crippen LogP contribution in [0.1, 0.15) is 23.6 Å². The van der Waals surface area contributed by atoms with Gasteiger partial charge < -0.3 is 10.6 Å². The predicted molar refractivity (Wildman–Crippen MR) is 91.5 cm³/mol. The number of halogens is 2. The summed E-state index contributed by atoms with van der Waals surface area (Å²) in [7, 11) is 0. The molecule has 1 heterocycles. The zero-order valence-corrected chi connectivity index (χ0v) is 14.1. The van der Waals surface area contributed by atoms with Crippen molar-refractivity contribution in [2.45, 2.75) is 12.5 Å². The lowest BCUT2D eigenvalue weighted by atomic mass is 9.97. The molecule has 2 aromatic rings. The monoisotopic (exact) mass is 376 g/mol. The first-order chi connectivity index (χ1) is 11.1. The van der Waals surface area contributed by atoms with Gasteiger partial charge in [0.15, 0.2) is 0 Å². The number of carbonyl (C=O) groups is 1. The van der Waals surface area contributed by atoms with Gasteiger partial charge in [-0.15, -0.1) is 0 Å². The maximum absolute atomic E-state index is 13.6. The van der Waals surface area contributed by atoms with Crippen molar-refractivity contribution in [3.05, 3.63) is 69.9 Å². The molecule has 1 saturated heterocycles. The van der Waals surface area contributed by atoms with E-state index in [-0.39, 0.29) is 23.7 Å². The van der Waals surface area contributed by atoms with E-state index in [0.717, 1.165) is 28.6 Å². The van der Waals surface area contributed by atoms with E-state index < -0.39 is 0 Å². The minimum atomic E-state index is -0.365. The lowest BCUT2D eigenvalue weighted by Crippen LogP contribution is -2.35. The van der Waals surface area contributed by atoms with Crippen LogP contribution in [-0.4, -0.2) is 19.0 Å². The van der Waals surface area contributed by atoms with Gasteiger partial charge in [0.25, 0.3) is 0 Å². The first-order valence-corrected chi connectivity index (χ1v) is 8.45. The molecule has 0 radical (unpaired) electrons. The summed E-state index contributed by atoms with van der Waals surface area (Å²) in [6.45, 7) is 1.56. The van der Waals surface area contributed by atoms with E-state index in [1.54, 1.807) is 6.07 Å². The van der Waals surface area contributed by atoms with Crippen LogP contribution in [0.25, 0.3) is 0 Å². The van der Waals surface area contributed by atoms with Gasteiger partial charge in [-0.25, -0.2) is 4.39 Å². The Morgan fingerprint density at radius 3 is 2.61 bits per heavy atom. The minimum absolute atomic E-state index is 0.00392. The number of hydrogen-bond donors (Lipinski definition) is 2. The van der Waals surface area contributed by atoms with Gasteiger partial charge in [0.05, 0.1) is 12.0 Å². The number of rotatable bonds is 4. The fraction of sp³-hybridized carbons (Fsp3) is 0.278. The van der Waals surface area contributed by atoms with Gasteiger partial charge in [0.1, 0.15) is 5.82 Å². The standard InChI is InChI=1S/C18H18BrFN2O/c19-15-5-1-3-12(9-15)17(13-4-2-6-16(20)10-13)22-18(23)14-7-8-21-11-14/h1-6,9-10,14,17,21H,7-8,11H2,(H,22,23). The fourth-order valence-corrected chi connectivity index (χ4v) is 3.29. The fourth-order valence-electron chi connectivity index (χ4n) is 2.87. The molecule has 0 aromatic heterocycles. The van der Waals surface area contributed by atoms with Crippen molar-refractivity contribution in [2.75, 3.05) is 13.1 Å². The molecule has 1 aliphatic heterocycles. The zero-order valence-electron chi connectivity index (χ0n) is 12.6. The third-order valence-electron chi connectivity index (χ3n) is 4.08. The molecule has 2 N–H and O–H groups in total. The van der Waals surface area contributed by atoms with Crippen LogP contribution in [0.4, 0.5) is 4.39 Å². The first kappa shape index (κ1) is 16.1. The van der Waals surface area contributed by atoms with Crippen LogP contribution in [0.3, 0.4) is 0 Å². The Kier molecular flexibility index (Phi) is 5.08. The third-order valence-corrected chi connectivity index (χ3v) is 4.57. The van der Waals surface area contributed by atoms with E-state index in [2.05, 4.69) is 26.6 Å². The highest BCUT2D eigenvalue weighted by molar-refractivity contribution is 9.10. The van der Waals surface area contributed by atoms with Crippen LogP contribution in [0.15, 0.2) is 53.0 Å². The highest BCUT2D eigenvalue weighted by Gasteiger charge is 2.26. The molecule has 0 bridgehead atoms. The van der Waals surface area contributed by atoms with Crippen molar-refractivity contribution in [2.24, 2.45) is 5.92 Å². The van der Waals surface area contributed by atoms with Gasteiger partial charge in [-0.3, -0.25) is 4.79 Å². The van der Waals surface area contributed by atoms with Crippen molar-refractivity contribution < 1.29 is 9.18 Å². The molecular formula is C18H18BrFN2O. The Balaban J connectivity index is 1.91. The average Bonchev–Trinajstić information content (AvgIpc) is 3.07. The van der Waals surface area contributed by atoms with E-state index in [0.29, 0.717) is 6.54 Å². The molecule has 5 heteroatoms. The predicted octanol–water partition coefficient (Wildman–Crippen LogP) is 3.40. The largest absolute Gasteiger partial charge is 0.345 e.